The molecule has 0 aliphatic heterocycles. The summed E-state index contributed by atoms with van der Waals surface area (Å²) < 4.78 is 40.2. The summed E-state index contributed by atoms with van der Waals surface area (Å²) in [6.45, 7) is 3.57. The van der Waals surface area contributed by atoms with Gasteiger partial charge < -0.3 is 9.29 Å². The van der Waals surface area contributed by atoms with Crippen molar-refractivity contribution in [1.29, 1.82) is 0 Å². The van der Waals surface area contributed by atoms with Gasteiger partial charge in [-0.3, -0.25) is 4.18 Å². The molecule has 0 aromatic rings. The second-order valence-corrected chi connectivity index (χ2v) is 7.84. The normalized spacial score (nSPS) is 11.5. The standard InChI is InChI=1S/C19H40O5S.K/c1-2-3-4-5-6-7-8-9-10-11-12-13-14-17-23-18-15-16-19-24-25(20,21)22;/h2-19H2,1H3,(H,20,21,22);/q;+1/p-1. The molecule has 0 spiro atoms. The molecule has 0 rings (SSSR count). The summed E-state index contributed by atoms with van der Waals surface area (Å²) in [6.07, 6.45) is 18.7. The molecule has 0 heterocycles. The van der Waals surface area contributed by atoms with Crippen LogP contribution in [0.25, 0.3) is 0 Å². The molecule has 0 N–H and O–H groups in total. The van der Waals surface area contributed by atoms with Crippen LogP contribution in [0.1, 0.15) is 103 Å². The van der Waals surface area contributed by atoms with E-state index in [-0.39, 0.29) is 58.0 Å². The molecule has 0 amide bonds. The van der Waals surface area contributed by atoms with Gasteiger partial charge in [-0.1, -0.05) is 84.0 Å². The van der Waals surface area contributed by atoms with Gasteiger partial charge in [0.1, 0.15) is 0 Å². The van der Waals surface area contributed by atoms with Gasteiger partial charge in [0.05, 0.1) is 6.61 Å². The maximum absolute atomic E-state index is 10.2. The van der Waals surface area contributed by atoms with Crippen molar-refractivity contribution >= 4 is 10.4 Å². The van der Waals surface area contributed by atoms with Gasteiger partial charge in [0, 0.05) is 13.2 Å². The van der Waals surface area contributed by atoms with E-state index >= 15 is 0 Å². The van der Waals surface area contributed by atoms with Crippen molar-refractivity contribution in [3.8, 4) is 0 Å². The number of unbranched alkanes of at least 4 members (excludes halogenated alkanes) is 13. The number of rotatable bonds is 20. The molecule has 0 saturated carbocycles. The van der Waals surface area contributed by atoms with Crippen LogP contribution in [0.2, 0.25) is 0 Å². The van der Waals surface area contributed by atoms with Crippen molar-refractivity contribution in [3.05, 3.63) is 0 Å². The Bertz CT molecular complexity index is 363. The van der Waals surface area contributed by atoms with Gasteiger partial charge in [0.25, 0.3) is 0 Å². The van der Waals surface area contributed by atoms with Crippen molar-refractivity contribution in [2.75, 3.05) is 19.8 Å². The molecule has 0 saturated heterocycles. The van der Waals surface area contributed by atoms with E-state index in [0.717, 1.165) is 13.0 Å². The van der Waals surface area contributed by atoms with Crippen molar-refractivity contribution in [2.24, 2.45) is 0 Å². The Labute approximate surface area is 204 Å². The maximum Gasteiger partial charge on any atom is 1.00 e. The minimum absolute atomic E-state index is 0. The number of hydrogen-bond donors (Lipinski definition) is 0. The maximum atomic E-state index is 10.2. The molecule has 0 fully saturated rings. The molecular weight excluding hydrogens is 379 g/mol. The predicted molar refractivity (Wildman–Crippen MR) is 101 cm³/mol. The van der Waals surface area contributed by atoms with Crippen LogP contribution >= 0.6 is 0 Å². The average molecular weight is 419 g/mol. The number of ether oxygens (including phenoxy) is 1. The van der Waals surface area contributed by atoms with Gasteiger partial charge in [-0.15, -0.1) is 0 Å². The van der Waals surface area contributed by atoms with E-state index < -0.39 is 10.4 Å². The molecule has 26 heavy (non-hydrogen) atoms. The van der Waals surface area contributed by atoms with Crippen LogP contribution in [-0.4, -0.2) is 32.8 Å². The first-order valence-electron chi connectivity index (χ1n) is 10.2. The third-order valence-electron chi connectivity index (χ3n) is 4.30. The first-order chi connectivity index (χ1) is 12.1. The second kappa shape index (κ2) is 22.8. The Kier molecular flexibility index (Phi) is 26.0. The summed E-state index contributed by atoms with van der Waals surface area (Å²) in [6, 6.07) is 0. The minimum Gasteiger partial charge on any atom is -0.726 e. The fraction of sp³-hybridized carbons (Fsp3) is 1.00. The Hall–Kier alpha value is 1.47. The van der Waals surface area contributed by atoms with Crippen LogP contribution in [0, 0.1) is 0 Å². The summed E-state index contributed by atoms with van der Waals surface area (Å²) in [4.78, 5) is 0. The molecule has 0 radical (unpaired) electrons. The monoisotopic (exact) mass is 418 g/mol. The van der Waals surface area contributed by atoms with Gasteiger partial charge >= 0.3 is 51.4 Å². The van der Waals surface area contributed by atoms with Crippen LogP contribution in [-0.2, 0) is 19.3 Å². The van der Waals surface area contributed by atoms with E-state index in [1.807, 2.05) is 0 Å². The molecular formula is C19H39KO5S. The van der Waals surface area contributed by atoms with Crippen LogP contribution in [0.5, 0.6) is 0 Å². The Morgan fingerprint density at radius 1 is 0.615 bits per heavy atom. The molecule has 5 nitrogen and oxygen atoms in total. The van der Waals surface area contributed by atoms with E-state index in [1.165, 1.54) is 77.0 Å². The van der Waals surface area contributed by atoms with Crippen LogP contribution in [0.3, 0.4) is 0 Å². The van der Waals surface area contributed by atoms with Crippen molar-refractivity contribution in [3.63, 3.8) is 0 Å². The zero-order valence-electron chi connectivity index (χ0n) is 17.2. The topological polar surface area (TPSA) is 75.7 Å². The molecule has 0 aliphatic carbocycles. The van der Waals surface area contributed by atoms with Crippen LogP contribution in [0.4, 0.5) is 0 Å². The third-order valence-corrected chi connectivity index (χ3v) is 4.76. The zero-order chi connectivity index (χ0) is 18.6. The predicted octanol–water partition coefficient (Wildman–Crippen LogP) is 2.36. The second-order valence-electron chi connectivity index (χ2n) is 6.79. The van der Waals surface area contributed by atoms with E-state index in [4.69, 9.17) is 4.74 Å². The van der Waals surface area contributed by atoms with Gasteiger partial charge in [-0.25, -0.2) is 8.42 Å². The Balaban J connectivity index is 0. The molecule has 0 aromatic heterocycles. The summed E-state index contributed by atoms with van der Waals surface area (Å²) in [5, 5.41) is 0. The minimum atomic E-state index is -4.54. The molecule has 0 bridgehead atoms. The molecule has 0 unspecified atom stereocenters. The molecule has 7 heteroatoms. The Morgan fingerprint density at radius 2 is 0.962 bits per heavy atom. The van der Waals surface area contributed by atoms with Crippen molar-refractivity contribution in [2.45, 2.75) is 103 Å². The molecule has 152 valence electrons. The van der Waals surface area contributed by atoms with E-state index in [2.05, 4.69) is 11.1 Å². The third kappa shape index (κ3) is 27.7. The Morgan fingerprint density at radius 3 is 1.38 bits per heavy atom. The SMILES string of the molecule is CCCCCCCCCCCCCCCOCCCCOS(=O)(=O)[O-].[K+]. The van der Waals surface area contributed by atoms with E-state index in [0.29, 0.717) is 19.4 Å². The largest absolute Gasteiger partial charge is 1.00 e. The van der Waals surface area contributed by atoms with Gasteiger partial charge in [-0.05, 0) is 19.3 Å². The summed E-state index contributed by atoms with van der Waals surface area (Å²) in [5.74, 6) is 0. The number of hydrogen-bond acceptors (Lipinski definition) is 5. The van der Waals surface area contributed by atoms with Gasteiger partial charge in [-0.2, -0.15) is 0 Å². The van der Waals surface area contributed by atoms with Gasteiger partial charge in [0.2, 0.25) is 10.4 Å². The first-order valence-corrected chi connectivity index (χ1v) is 11.6. The van der Waals surface area contributed by atoms with Crippen LogP contribution < -0.4 is 51.4 Å². The van der Waals surface area contributed by atoms with Crippen molar-refractivity contribution in [1.82, 2.24) is 0 Å². The van der Waals surface area contributed by atoms with E-state index in [9.17, 15) is 13.0 Å². The average Bonchev–Trinajstić information content (AvgIpc) is 2.56. The van der Waals surface area contributed by atoms with E-state index in [1.54, 1.807) is 0 Å². The quantitative estimate of drug-likeness (QED) is 0.131. The summed E-state index contributed by atoms with van der Waals surface area (Å²) >= 11 is 0. The smallest absolute Gasteiger partial charge is 0.726 e. The fourth-order valence-electron chi connectivity index (χ4n) is 2.79. The first kappa shape index (κ1) is 29.7. The van der Waals surface area contributed by atoms with Crippen molar-refractivity contribution < 1.29 is 73.3 Å². The fourth-order valence-corrected chi connectivity index (χ4v) is 3.11. The van der Waals surface area contributed by atoms with Gasteiger partial charge in [0.15, 0.2) is 0 Å². The molecule has 0 aromatic carbocycles. The summed E-state index contributed by atoms with van der Waals surface area (Å²) in [7, 11) is -4.54. The summed E-state index contributed by atoms with van der Waals surface area (Å²) in [5.41, 5.74) is 0. The molecule has 0 atom stereocenters. The zero-order valence-corrected chi connectivity index (χ0v) is 21.1. The van der Waals surface area contributed by atoms with Crippen LogP contribution in [0.15, 0.2) is 0 Å². The molecule has 0 aliphatic rings.